The molecular formula is C22H22N2O4. The van der Waals surface area contributed by atoms with Crippen LogP contribution in [0.2, 0.25) is 0 Å². The van der Waals surface area contributed by atoms with Crippen LogP contribution in [0.5, 0.6) is 5.75 Å². The van der Waals surface area contributed by atoms with Crippen molar-refractivity contribution in [2.24, 2.45) is 11.7 Å². The Kier molecular flexibility index (Phi) is 4.88. The number of phenols is 1. The van der Waals surface area contributed by atoms with Gasteiger partial charge in [0.1, 0.15) is 11.3 Å². The highest BCUT2D eigenvalue weighted by Gasteiger charge is 2.24. The summed E-state index contributed by atoms with van der Waals surface area (Å²) >= 11 is 0. The Morgan fingerprint density at radius 3 is 2.54 bits per heavy atom. The van der Waals surface area contributed by atoms with Crippen molar-refractivity contribution >= 4 is 16.9 Å². The number of carbonyl (C=O) groups is 1. The zero-order chi connectivity index (χ0) is 19.7. The minimum Gasteiger partial charge on any atom is -0.507 e. The van der Waals surface area contributed by atoms with Crippen molar-refractivity contribution in [2.45, 2.75) is 19.4 Å². The number of nitrogens with zero attached hydrogens (tertiary/aromatic N) is 1. The third kappa shape index (κ3) is 3.64. The Morgan fingerprint density at radius 1 is 1.14 bits per heavy atom. The normalized spacial score (nSPS) is 15.7. The number of nitrogens with two attached hydrogens (primary N) is 1. The van der Waals surface area contributed by atoms with E-state index in [2.05, 4.69) is 4.90 Å². The fraction of sp³-hybridized carbons (Fsp3) is 0.273. The molecule has 1 aromatic heterocycles. The Morgan fingerprint density at radius 2 is 1.86 bits per heavy atom. The lowest BCUT2D eigenvalue weighted by Gasteiger charge is -2.30. The van der Waals surface area contributed by atoms with Crippen LogP contribution in [-0.2, 0) is 11.3 Å². The molecule has 0 bridgehead atoms. The molecule has 4 rings (SSSR count). The van der Waals surface area contributed by atoms with Crippen LogP contribution in [0, 0.1) is 5.92 Å². The number of piperidine rings is 1. The van der Waals surface area contributed by atoms with E-state index in [0.29, 0.717) is 23.1 Å². The van der Waals surface area contributed by atoms with Crippen LogP contribution in [0.1, 0.15) is 18.4 Å². The third-order valence-electron chi connectivity index (χ3n) is 5.42. The first-order valence-corrected chi connectivity index (χ1v) is 9.38. The maximum absolute atomic E-state index is 12.1. The van der Waals surface area contributed by atoms with Gasteiger partial charge in [0.05, 0.1) is 0 Å². The van der Waals surface area contributed by atoms with E-state index in [1.807, 2.05) is 30.3 Å². The number of fused-ring (bicyclic) bond motifs is 1. The summed E-state index contributed by atoms with van der Waals surface area (Å²) in [4.78, 5) is 25.6. The highest BCUT2D eigenvalue weighted by Crippen LogP contribution is 2.34. The van der Waals surface area contributed by atoms with E-state index in [0.717, 1.165) is 37.1 Å². The number of amides is 1. The Bertz CT molecular complexity index is 1070. The maximum atomic E-state index is 12.1. The largest absolute Gasteiger partial charge is 0.507 e. The van der Waals surface area contributed by atoms with Gasteiger partial charge in [0, 0.05) is 29.5 Å². The fourth-order valence-electron chi connectivity index (χ4n) is 3.86. The maximum Gasteiger partial charge on any atom is 0.336 e. The molecule has 1 aliphatic rings. The number of primary amides is 1. The molecule has 2 aromatic carbocycles. The number of carbonyl (C=O) groups excluding carboxylic acids is 1. The van der Waals surface area contributed by atoms with E-state index in [4.69, 9.17) is 10.2 Å². The molecule has 0 spiro atoms. The second-order valence-corrected chi connectivity index (χ2v) is 7.28. The molecule has 0 radical (unpaired) electrons. The Hall–Kier alpha value is -3.12. The lowest BCUT2D eigenvalue weighted by atomic mass is 9.95. The van der Waals surface area contributed by atoms with Crippen molar-refractivity contribution in [3.05, 3.63) is 64.5 Å². The summed E-state index contributed by atoms with van der Waals surface area (Å²) in [5.41, 5.74) is 7.71. The lowest BCUT2D eigenvalue weighted by molar-refractivity contribution is -0.123. The molecule has 2 heterocycles. The predicted octanol–water partition coefficient (Wildman–Crippen LogP) is 2.86. The minimum absolute atomic E-state index is 0.0775. The van der Waals surface area contributed by atoms with Gasteiger partial charge in [0.2, 0.25) is 5.91 Å². The molecule has 0 saturated carbocycles. The molecule has 1 aliphatic heterocycles. The summed E-state index contributed by atoms with van der Waals surface area (Å²) in [6.07, 6.45) is 1.44. The van der Waals surface area contributed by atoms with Crippen LogP contribution in [0.4, 0.5) is 0 Å². The van der Waals surface area contributed by atoms with E-state index >= 15 is 0 Å². The third-order valence-corrected chi connectivity index (χ3v) is 5.42. The van der Waals surface area contributed by atoms with Gasteiger partial charge >= 0.3 is 5.63 Å². The van der Waals surface area contributed by atoms with Gasteiger partial charge in [-0.15, -0.1) is 0 Å². The van der Waals surface area contributed by atoms with Crippen LogP contribution < -0.4 is 11.4 Å². The molecule has 6 nitrogen and oxygen atoms in total. The molecule has 144 valence electrons. The fourth-order valence-corrected chi connectivity index (χ4v) is 3.86. The molecular weight excluding hydrogens is 356 g/mol. The molecule has 3 N–H and O–H groups in total. The average molecular weight is 378 g/mol. The SMILES string of the molecule is NC(=O)C1CCN(Cc2cc(=O)oc3cc(-c4ccccc4)c(O)cc23)CC1. The van der Waals surface area contributed by atoms with E-state index in [9.17, 15) is 14.7 Å². The monoisotopic (exact) mass is 378 g/mol. The van der Waals surface area contributed by atoms with Crippen molar-refractivity contribution in [3.8, 4) is 16.9 Å². The summed E-state index contributed by atoms with van der Waals surface area (Å²) in [6, 6.07) is 14.3. The quantitative estimate of drug-likeness (QED) is 0.681. The van der Waals surface area contributed by atoms with Crippen molar-refractivity contribution in [3.63, 3.8) is 0 Å². The second kappa shape index (κ2) is 7.48. The summed E-state index contributed by atoms with van der Waals surface area (Å²) in [7, 11) is 0. The highest BCUT2D eigenvalue weighted by atomic mass is 16.4. The van der Waals surface area contributed by atoms with Crippen LogP contribution in [0.3, 0.4) is 0 Å². The van der Waals surface area contributed by atoms with Gasteiger partial charge in [0.25, 0.3) is 0 Å². The van der Waals surface area contributed by atoms with Crippen molar-refractivity contribution < 1.29 is 14.3 Å². The number of hydrogen-bond acceptors (Lipinski definition) is 5. The zero-order valence-corrected chi connectivity index (χ0v) is 15.4. The van der Waals surface area contributed by atoms with Gasteiger partial charge in [-0.1, -0.05) is 30.3 Å². The summed E-state index contributed by atoms with van der Waals surface area (Å²) in [6.45, 7) is 2.03. The molecule has 6 heteroatoms. The van der Waals surface area contributed by atoms with Crippen molar-refractivity contribution in [1.82, 2.24) is 4.90 Å². The predicted molar refractivity (Wildman–Crippen MR) is 107 cm³/mol. The molecule has 28 heavy (non-hydrogen) atoms. The summed E-state index contributed by atoms with van der Waals surface area (Å²) < 4.78 is 5.41. The molecule has 1 fully saturated rings. The molecule has 1 saturated heterocycles. The van der Waals surface area contributed by atoms with E-state index in [-0.39, 0.29) is 17.6 Å². The van der Waals surface area contributed by atoms with Gasteiger partial charge in [-0.25, -0.2) is 4.79 Å². The van der Waals surface area contributed by atoms with Gasteiger partial charge in [0.15, 0.2) is 0 Å². The van der Waals surface area contributed by atoms with Crippen LogP contribution in [0.25, 0.3) is 22.1 Å². The van der Waals surface area contributed by atoms with Gasteiger partial charge < -0.3 is 15.3 Å². The molecule has 0 atom stereocenters. The van der Waals surface area contributed by atoms with Crippen LogP contribution in [0.15, 0.2) is 57.7 Å². The number of aromatic hydroxyl groups is 1. The van der Waals surface area contributed by atoms with Crippen molar-refractivity contribution in [1.29, 1.82) is 0 Å². The number of phenolic OH excluding ortho intramolecular Hbond substituents is 1. The topological polar surface area (TPSA) is 96.8 Å². The Balaban J connectivity index is 1.67. The molecule has 0 unspecified atom stereocenters. The van der Waals surface area contributed by atoms with E-state index in [1.165, 1.54) is 6.07 Å². The summed E-state index contributed by atoms with van der Waals surface area (Å²) in [5.74, 6) is -0.184. The second-order valence-electron chi connectivity index (χ2n) is 7.28. The first-order valence-electron chi connectivity index (χ1n) is 9.38. The van der Waals surface area contributed by atoms with E-state index in [1.54, 1.807) is 12.1 Å². The lowest BCUT2D eigenvalue weighted by Crippen LogP contribution is -2.38. The van der Waals surface area contributed by atoms with Crippen LogP contribution in [-0.4, -0.2) is 29.0 Å². The number of likely N-dealkylation sites (tertiary alicyclic amines) is 1. The molecule has 3 aromatic rings. The van der Waals surface area contributed by atoms with Gasteiger partial charge in [-0.2, -0.15) is 0 Å². The van der Waals surface area contributed by atoms with Gasteiger partial charge in [-0.05, 0) is 49.2 Å². The molecule has 1 amide bonds. The smallest absolute Gasteiger partial charge is 0.336 e. The number of rotatable bonds is 4. The number of benzene rings is 2. The first-order chi connectivity index (χ1) is 13.5. The highest BCUT2D eigenvalue weighted by molar-refractivity contribution is 5.88. The van der Waals surface area contributed by atoms with Crippen LogP contribution >= 0.6 is 0 Å². The average Bonchev–Trinajstić information content (AvgIpc) is 2.69. The standard InChI is InChI=1S/C22H22N2O4/c23-22(27)15-6-8-24(9-7-15)13-16-10-21(26)28-20-12-17(19(25)11-18(16)20)14-4-2-1-3-5-14/h1-5,10-12,15,25H,6-9,13H2,(H2,23,27). The number of hydrogen-bond donors (Lipinski definition) is 2. The first kappa shape index (κ1) is 18.3. The summed E-state index contributed by atoms with van der Waals surface area (Å²) in [5, 5.41) is 11.3. The minimum atomic E-state index is -0.417. The van der Waals surface area contributed by atoms with Gasteiger partial charge in [-0.3, -0.25) is 9.69 Å². The zero-order valence-electron chi connectivity index (χ0n) is 15.4. The molecule has 0 aliphatic carbocycles. The van der Waals surface area contributed by atoms with E-state index < -0.39 is 5.63 Å². The van der Waals surface area contributed by atoms with Crippen molar-refractivity contribution in [2.75, 3.05) is 13.1 Å². The Labute approximate surface area is 162 Å².